The normalized spacial score (nSPS) is 16.0. The first-order valence-electron chi connectivity index (χ1n) is 8.63. The summed E-state index contributed by atoms with van der Waals surface area (Å²) >= 11 is 6.11. The minimum Gasteiger partial charge on any atom is -0.467 e. The number of aryl methyl sites for hydroxylation is 1. The summed E-state index contributed by atoms with van der Waals surface area (Å²) in [6.45, 7) is 9.45. The second-order valence-corrected chi connectivity index (χ2v) is 7.92. The monoisotopic (exact) mass is 378 g/mol. The smallest absolute Gasteiger partial charge is 0.339 e. The molecule has 0 aliphatic heterocycles. The van der Waals surface area contributed by atoms with E-state index in [0.717, 1.165) is 34.6 Å². The van der Waals surface area contributed by atoms with E-state index in [0.29, 0.717) is 17.1 Å². The molecule has 0 fully saturated rings. The predicted octanol–water partition coefficient (Wildman–Crippen LogP) is 4.61. The van der Waals surface area contributed by atoms with Gasteiger partial charge in [-0.2, -0.15) is 0 Å². The lowest BCUT2D eigenvalue weighted by atomic mass is 9.87. The van der Waals surface area contributed by atoms with Crippen molar-refractivity contribution < 1.29 is 14.3 Å². The van der Waals surface area contributed by atoms with Gasteiger partial charge in [0, 0.05) is 16.3 Å². The predicted molar refractivity (Wildman–Crippen MR) is 105 cm³/mol. The number of rotatable bonds is 4. The molecule has 0 saturated carbocycles. The summed E-state index contributed by atoms with van der Waals surface area (Å²) in [5.74, 6) is -0.0117. The van der Waals surface area contributed by atoms with E-state index in [-0.39, 0.29) is 0 Å². The van der Waals surface area contributed by atoms with Gasteiger partial charge < -0.3 is 15.2 Å². The Bertz CT molecular complexity index is 776. The minimum atomic E-state index is -0.885. The molecular formula is C20H27ClN2O3. The molecule has 6 heteroatoms. The van der Waals surface area contributed by atoms with Crippen molar-refractivity contribution in [3.8, 4) is 0 Å². The van der Waals surface area contributed by atoms with Crippen molar-refractivity contribution in [3.05, 3.63) is 39.6 Å². The molecule has 0 saturated heterocycles. The average molecular weight is 379 g/mol. The van der Waals surface area contributed by atoms with Crippen molar-refractivity contribution >= 4 is 29.0 Å². The highest BCUT2D eigenvalue weighted by Crippen LogP contribution is 2.39. The number of esters is 1. The molecule has 1 aliphatic rings. The second kappa shape index (κ2) is 7.80. The van der Waals surface area contributed by atoms with Gasteiger partial charge in [0.15, 0.2) is 6.10 Å². The third kappa shape index (κ3) is 4.46. The van der Waals surface area contributed by atoms with E-state index in [1.807, 2.05) is 46.8 Å². The first kappa shape index (κ1) is 20.5. The third-order valence-electron chi connectivity index (χ3n) is 4.27. The van der Waals surface area contributed by atoms with E-state index in [1.54, 1.807) is 0 Å². The molecular weight excluding hydrogens is 352 g/mol. The van der Waals surface area contributed by atoms with Crippen molar-refractivity contribution in [3.63, 3.8) is 0 Å². The molecule has 1 aromatic rings. The maximum Gasteiger partial charge on any atom is 0.339 e. The number of carbonyl (C=O) groups excluding carboxylic acids is 1. The zero-order valence-corrected chi connectivity index (χ0v) is 17.0. The van der Waals surface area contributed by atoms with Gasteiger partial charge in [0.1, 0.15) is 5.82 Å². The van der Waals surface area contributed by atoms with Crippen molar-refractivity contribution in [2.45, 2.75) is 59.2 Å². The number of anilines is 1. The fourth-order valence-electron chi connectivity index (χ4n) is 3.08. The number of aromatic nitrogens is 1. The number of hydrogen-bond donors (Lipinski definition) is 1. The van der Waals surface area contributed by atoms with Gasteiger partial charge in [0.05, 0.1) is 12.7 Å². The van der Waals surface area contributed by atoms with Crippen LogP contribution >= 0.6 is 11.6 Å². The Morgan fingerprint density at radius 3 is 2.42 bits per heavy atom. The van der Waals surface area contributed by atoms with Crippen LogP contribution in [0.5, 0.6) is 0 Å². The first-order valence-corrected chi connectivity index (χ1v) is 9.00. The molecule has 0 spiro atoms. The molecule has 1 atom stereocenters. The molecule has 0 amide bonds. The van der Waals surface area contributed by atoms with Crippen molar-refractivity contribution in [2.75, 3.05) is 12.8 Å². The highest BCUT2D eigenvalue weighted by atomic mass is 35.5. The van der Waals surface area contributed by atoms with Crippen molar-refractivity contribution in [1.82, 2.24) is 4.98 Å². The van der Waals surface area contributed by atoms with Crippen molar-refractivity contribution in [2.24, 2.45) is 0 Å². The molecule has 1 aromatic heterocycles. The zero-order valence-electron chi connectivity index (χ0n) is 16.3. The summed E-state index contributed by atoms with van der Waals surface area (Å²) in [6.07, 6.45) is 4.48. The molecule has 1 aliphatic carbocycles. The fourth-order valence-corrected chi connectivity index (χ4v) is 3.23. The van der Waals surface area contributed by atoms with Gasteiger partial charge in [-0.05, 0) is 70.2 Å². The van der Waals surface area contributed by atoms with Crippen molar-refractivity contribution in [1.29, 1.82) is 0 Å². The Kier molecular flexibility index (Phi) is 6.14. The molecule has 0 radical (unpaired) electrons. The Labute approximate surface area is 160 Å². The number of nitrogens with two attached hydrogens (primary N) is 1. The fraction of sp³-hybridized carbons (Fsp3) is 0.500. The summed E-state index contributed by atoms with van der Waals surface area (Å²) in [6, 6.07) is 0. The molecule has 2 rings (SSSR count). The lowest BCUT2D eigenvalue weighted by molar-refractivity contribution is -0.164. The maximum absolute atomic E-state index is 12.6. The van der Waals surface area contributed by atoms with Crippen LogP contribution in [0.3, 0.4) is 0 Å². The Morgan fingerprint density at radius 2 is 1.92 bits per heavy atom. The Balaban J connectivity index is 2.73. The van der Waals surface area contributed by atoms with E-state index < -0.39 is 17.7 Å². The standard InChI is InChI=1S/C20H27ClN2O3/c1-11-15(13-7-9-14(21)10-8-13)16(12(2)23-18(11)22)17(19(24)25-6)26-20(3,4)5/h7,9,17H,8,10H2,1-6H3,(H2,22,23)/t17-/m0/s1. The van der Waals surface area contributed by atoms with Crippen LogP contribution in [0, 0.1) is 13.8 Å². The largest absolute Gasteiger partial charge is 0.467 e. The number of allylic oxidation sites excluding steroid dienone is 4. The molecule has 1 heterocycles. The summed E-state index contributed by atoms with van der Waals surface area (Å²) in [7, 11) is 1.36. The van der Waals surface area contributed by atoms with Gasteiger partial charge in [-0.3, -0.25) is 0 Å². The van der Waals surface area contributed by atoms with Gasteiger partial charge in [0.2, 0.25) is 0 Å². The number of carbonyl (C=O) groups is 1. The lowest BCUT2D eigenvalue weighted by Crippen LogP contribution is -2.30. The maximum atomic E-state index is 12.6. The molecule has 142 valence electrons. The van der Waals surface area contributed by atoms with E-state index in [1.165, 1.54) is 7.11 Å². The average Bonchev–Trinajstić information content (AvgIpc) is 2.55. The molecule has 2 N–H and O–H groups in total. The number of hydrogen-bond acceptors (Lipinski definition) is 5. The van der Waals surface area contributed by atoms with Gasteiger partial charge in [0.25, 0.3) is 0 Å². The lowest BCUT2D eigenvalue weighted by Gasteiger charge is -2.30. The van der Waals surface area contributed by atoms with Crippen LogP contribution in [0.25, 0.3) is 5.57 Å². The molecule has 26 heavy (non-hydrogen) atoms. The number of halogens is 1. The van der Waals surface area contributed by atoms with Gasteiger partial charge >= 0.3 is 5.97 Å². The van der Waals surface area contributed by atoms with E-state index in [9.17, 15) is 4.79 Å². The van der Waals surface area contributed by atoms with Crippen LogP contribution in [0.1, 0.15) is 62.1 Å². The zero-order chi connectivity index (χ0) is 19.6. The Hall–Kier alpha value is -1.85. The van der Waals surface area contributed by atoms with E-state index in [4.69, 9.17) is 26.8 Å². The summed E-state index contributed by atoms with van der Waals surface area (Å²) in [5, 5.41) is 0.808. The molecule has 0 aromatic carbocycles. The number of methoxy groups -OCH3 is 1. The number of ether oxygens (including phenoxy) is 2. The van der Waals surface area contributed by atoms with Crippen LogP contribution in [0.15, 0.2) is 17.2 Å². The van der Waals surface area contributed by atoms with E-state index in [2.05, 4.69) is 4.98 Å². The summed E-state index contributed by atoms with van der Waals surface area (Å²) < 4.78 is 11.1. The SMILES string of the molecule is COC(=O)[C@@H](OC(C)(C)C)c1c(C)nc(N)c(C)c1C1=CC=C(Cl)CC1. The van der Waals surface area contributed by atoms with Crippen LogP contribution in [0.2, 0.25) is 0 Å². The van der Waals surface area contributed by atoms with Crippen LogP contribution < -0.4 is 5.73 Å². The number of nitrogen functional groups attached to an aromatic ring is 1. The molecule has 0 bridgehead atoms. The molecule has 5 nitrogen and oxygen atoms in total. The number of nitrogens with zero attached hydrogens (tertiary/aromatic N) is 1. The van der Waals surface area contributed by atoms with Gasteiger partial charge in [-0.1, -0.05) is 17.7 Å². The van der Waals surface area contributed by atoms with E-state index >= 15 is 0 Å². The minimum absolute atomic E-state index is 0.446. The highest BCUT2D eigenvalue weighted by molar-refractivity contribution is 6.29. The van der Waals surface area contributed by atoms with Crippen LogP contribution in [-0.2, 0) is 14.3 Å². The van der Waals surface area contributed by atoms with Crippen LogP contribution in [0.4, 0.5) is 5.82 Å². The number of pyridine rings is 1. The van der Waals surface area contributed by atoms with Crippen LogP contribution in [-0.4, -0.2) is 23.7 Å². The molecule has 0 unspecified atom stereocenters. The topological polar surface area (TPSA) is 74.4 Å². The highest BCUT2D eigenvalue weighted by Gasteiger charge is 2.33. The third-order valence-corrected chi connectivity index (χ3v) is 4.59. The first-order chi connectivity index (χ1) is 12.0. The Morgan fingerprint density at radius 1 is 1.27 bits per heavy atom. The quantitative estimate of drug-likeness (QED) is 0.774. The second-order valence-electron chi connectivity index (χ2n) is 7.43. The summed E-state index contributed by atoms with van der Waals surface area (Å²) in [4.78, 5) is 17.0. The van der Waals surface area contributed by atoms with Gasteiger partial charge in [-0.25, -0.2) is 9.78 Å². The van der Waals surface area contributed by atoms with Gasteiger partial charge in [-0.15, -0.1) is 0 Å². The summed E-state index contributed by atoms with van der Waals surface area (Å²) in [5.41, 5.74) is 9.73.